The normalized spacial score (nSPS) is 22.9. The second kappa shape index (κ2) is 19.2. The first-order valence-corrected chi connectivity index (χ1v) is 12.6. The number of hydrogen-bond donors (Lipinski definition) is 3. The molecule has 1 heterocycles. The maximum absolute atomic E-state index is 10.1. The number of hydrogen-bond acceptors (Lipinski definition) is 5. The third-order valence-corrected chi connectivity index (χ3v) is 5.97. The molecule has 0 aromatic heterocycles. The highest BCUT2D eigenvalue weighted by molar-refractivity contribution is 4.88. The van der Waals surface area contributed by atoms with E-state index in [-0.39, 0.29) is 6.61 Å². The fourth-order valence-electron chi connectivity index (χ4n) is 3.97. The van der Waals surface area contributed by atoms with Crippen LogP contribution in [0.2, 0.25) is 0 Å². The zero-order chi connectivity index (χ0) is 21.9. The van der Waals surface area contributed by atoms with Crippen LogP contribution >= 0.6 is 0 Å². The van der Waals surface area contributed by atoms with Crippen LogP contribution < -0.4 is 0 Å². The zero-order valence-electron chi connectivity index (χ0n) is 19.4. The van der Waals surface area contributed by atoms with Gasteiger partial charge in [-0.05, 0) is 32.1 Å². The van der Waals surface area contributed by atoms with E-state index in [9.17, 15) is 10.2 Å². The van der Waals surface area contributed by atoms with Crippen molar-refractivity contribution >= 4 is 0 Å². The first-order valence-electron chi connectivity index (χ1n) is 12.6. The maximum atomic E-state index is 10.1. The van der Waals surface area contributed by atoms with E-state index in [0.717, 1.165) is 12.8 Å². The molecule has 0 amide bonds. The van der Waals surface area contributed by atoms with Gasteiger partial charge in [-0.3, -0.25) is 0 Å². The molecule has 0 aliphatic carbocycles. The van der Waals surface area contributed by atoms with Crippen LogP contribution in [-0.4, -0.2) is 59.6 Å². The van der Waals surface area contributed by atoms with Crippen LogP contribution in [0.25, 0.3) is 0 Å². The van der Waals surface area contributed by atoms with Crippen LogP contribution in [0.5, 0.6) is 0 Å². The molecule has 1 aliphatic rings. The predicted octanol–water partition coefficient (Wildman–Crippen LogP) is 4.91. The van der Waals surface area contributed by atoms with E-state index in [1.165, 1.54) is 83.5 Å². The first kappa shape index (κ1) is 27.6. The van der Waals surface area contributed by atoms with Crippen molar-refractivity contribution in [2.75, 3.05) is 19.8 Å². The van der Waals surface area contributed by atoms with Gasteiger partial charge in [-0.25, -0.2) is 0 Å². The third-order valence-electron chi connectivity index (χ3n) is 5.97. The standard InChI is InChI=1S/C25H48O5/c1-2-3-4-5-6-7-8-9-10-11-12-13-14-15-16-17-18-19-29-23-21-30-25(24(23)28)22(27)20-26/h6-7,22-28H,2-5,8-21H2,1H3/b7-6+/t22-,23+,24+,25+/m1/s1. The Bertz CT molecular complexity index is 401. The summed E-state index contributed by atoms with van der Waals surface area (Å²) in [5.41, 5.74) is 0. The monoisotopic (exact) mass is 428 g/mol. The van der Waals surface area contributed by atoms with E-state index in [1.54, 1.807) is 0 Å². The second-order valence-electron chi connectivity index (χ2n) is 8.74. The summed E-state index contributed by atoms with van der Waals surface area (Å²) in [5.74, 6) is 0. The van der Waals surface area contributed by atoms with Gasteiger partial charge in [0.1, 0.15) is 24.4 Å². The van der Waals surface area contributed by atoms with Gasteiger partial charge < -0.3 is 24.8 Å². The lowest BCUT2D eigenvalue weighted by molar-refractivity contribution is -0.0730. The molecule has 0 aromatic carbocycles. The van der Waals surface area contributed by atoms with Gasteiger partial charge in [-0.2, -0.15) is 0 Å². The summed E-state index contributed by atoms with van der Waals surface area (Å²) < 4.78 is 11.0. The number of unbranched alkanes of at least 4 members (excludes halogenated alkanes) is 13. The van der Waals surface area contributed by atoms with Crippen LogP contribution in [0, 0.1) is 0 Å². The molecule has 178 valence electrons. The van der Waals surface area contributed by atoms with Crippen LogP contribution in [-0.2, 0) is 9.47 Å². The highest BCUT2D eigenvalue weighted by Crippen LogP contribution is 2.20. The summed E-state index contributed by atoms with van der Waals surface area (Å²) in [6.07, 6.45) is 21.0. The van der Waals surface area contributed by atoms with Gasteiger partial charge in [0, 0.05) is 6.61 Å². The largest absolute Gasteiger partial charge is 0.394 e. The minimum atomic E-state index is -1.05. The van der Waals surface area contributed by atoms with Crippen molar-refractivity contribution in [3.05, 3.63) is 12.2 Å². The summed E-state index contributed by atoms with van der Waals surface area (Å²) in [6.45, 7) is 2.73. The van der Waals surface area contributed by atoms with E-state index in [0.29, 0.717) is 6.61 Å². The first-order chi connectivity index (χ1) is 14.7. The molecule has 0 radical (unpaired) electrons. The summed E-state index contributed by atoms with van der Waals surface area (Å²) in [7, 11) is 0. The Kier molecular flexibility index (Phi) is 17.7. The average molecular weight is 429 g/mol. The lowest BCUT2D eigenvalue weighted by Crippen LogP contribution is -2.41. The average Bonchev–Trinajstić information content (AvgIpc) is 3.12. The van der Waals surface area contributed by atoms with Crippen molar-refractivity contribution in [3.63, 3.8) is 0 Å². The van der Waals surface area contributed by atoms with Crippen molar-refractivity contribution in [1.82, 2.24) is 0 Å². The molecule has 0 bridgehead atoms. The molecule has 4 atom stereocenters. The summed E-state index contributed by atoms with van der Waals surface area (Å²) >= 11 is 0. The van der Waals surface area contributed by atoms with Crippen molar-refractivity contribution in [2.24, 2.45) is 0 Å². The summed E-state index contributed by atoms with van der Waals surface area (Å²) in [5, 5.41) is 28.6. The second-order valence-corrected chi connectivity index (χ2v) is 8.74. The molecule has 1 aliphatic heterocycles. The fraction of sp³-hybridized carbons (Fsp3) is 0.920. The quantitative estimate of drug-likeness (QED) is 0.190. The summed E-state index contributed by atoms with van der Waals surface area (Å²) in [4.78, 5) is 0. The molecule has 1 fully saturated rings. The smallest absolute Gasteiger partial charge is 0.114 e. The highest BCUT2D eigenvalue weighted by Gasteiger charge is 2.40. The van der Waals surface area contributed by atoms with Crippen LogP contribution in [0.1, 0.15) is 103 Å². The molecular formula is C25H48O5. The molecule has 3 N–H and O–H groups in total. The van der Waals surface area contributed by atoms with E-state index in [4.69, 9.17) is 14.6 Å². The molecule has 0 spiro atoms. The highest BCUT2D eigenvalue weighted by atomic mass is 16.6. The van der Waals surface area contributed by atoms with Gasteiger partial charge in [0.2, 0.25) is 0 Å². The zero-order valence-corrected chi connectivity index (χ0v) is 19.4. The van der Waals surface area contributed by atoms with Gasteiger partial charge in [0.05, 0.1) is 13.2 Å². The number of aliphatic hydroxyl groups excluding tert-OH is 3. The van der Waals surface area contributed by atoms with E-state index in [2.05, 4.69) is 19.1 Å². The van der Waals surface area contributed by atoms with Gasteiger partial charge in [0.25, 0.3) is 0 Å². The Morgan fingerprint density at radius 2 is 1.40 bits per heavy atom. The predicted molar refractivity (Wildman–Crippen MR) is 123 cm³/mol. The van der Waals surface area contributed by atoms with Gasteiger partial charge in [-0.15, -0.1) is 0 Å². The number of aliphatic hydroxyl groups is 3. The Hall–Kier alpha value is -0.460. The third kappa shape index (κ3) is 13.1. The molecule has 30 heavy (non-hydrogen) atoms. The Labute approximate surface area is 184 Å². The molecule has 5 heteroatoms. The number of allylic oxidation sites excluding steroid dienone is 2. The van der Waals surface area contributed by atoms with Gasteiger partial charge in [0.15, 0.2) is 0 Å². The summed E-state index contributed by atoms with van der Waals surface area (Å²) in [6, 6.07) is 0. The van der Waals surface area contributed by atoms with Crippen LogP contribution in [0.3, 0.4) is 0 Å². The van der Waals surface area contributed by atoms with Gasteiger partial charge >= 0.3 is 0 Å². The van der Waals surface area contributed by atoms with Crippen molar-refractivity contribution in [1.29, 1.82) is 0 Å². The maximum Gasteiger partial charge on any atom is 0.114 e. The Balaban J connectivity index is 1.80. The van der Waals surface area contributed by atoms with E-state index in [1.807, 2.05) is 0 Å². The molecule has 5 nitrogen and oxygen atoms in total. The minimum Gasteiger partial charge on any atom is -0.394 e. The number of rotatable bonds is 20. The topological polar surface area (TPSA) is 79.2 Å². The van der Waals surface area contributed by atoms with Crippen LogP contribution in [0.4, 0.5) is 0 Å². The Morgan fingerprint density at radius 1 is 0.867 bits per heavy atom. The van der Waals surface area contributed by atoms with Crippen molar-refractivity contribution < 1.29 is 24.8 Å². The van der Waals surface area contributed by atoms with Crippen molar-refractivity contribution in [3.8, 4) is 0 Å². The molecule has 1 rings (SSSR count). The lowest BCUT2D eigenvalue weighted by Gasteiger charge is -2.20. The fourth-order valence-corrected chi connectivity index (χ4v) is 3.97. The molecule has 0 unspecified atom stereocenters. The van der Waals surface area contributed by atoms with E-state index < -0.39 is 31.0 Å². The van der Waals surface area contributed by atoms with Gasteiger partial charge in [-0.1, -0.05) is 83.3 Å². The molecule has 0 aromatic rings. The molecular weight excluding hydrogens is 380 g/mol. The number of ether oxygens (including phenoxy) is 2. The minimum absolute atomic E-state index is 0.276. The van der Waals surface area contributed by atoms with E-state index >= 15 is 0 Å². The molecule has 0 saturated carbocycles. The van der Waals surface area contributed by atoms with Crippen LogP contribution in [0.15, 0.2) is 12.2 Å². The SMILES string of the molecule is CCCCC/C=C/CCCCCCCCCCCCO[C@H]1CO[C@@H]([C@H](O)CO)[C@H]1O. The Morgan fingerprint density at radius 3 is 1.97 bits per heavy atom. The molecule has 1 saturated heterocycles. The lowest BCUT2D eigenvalue weighted by atomic mass is 10.1. The van der Waals surface area contributed by atoms with Crippen molar-refractivity contribution in [2.45, 2.75) is 128 Å².